The summed E-state index contributed by atoms with van der Waals surface area (Å²) < 4.78 is 25.3. The molecule has 0 fully saturated rings. The minimum Gasteiger partial charge on any atom is -0.493 e. The number of rotatable bonds is 5. The monoisotopic (exact) mass is 334 g/mol. The molecule has 0 radical (unpaired) electrons. The quantitative estimate of drug-likeness (QED) is 0.605. The molecule has 0 aliphatic carbocycles. The van der Waals surface area contributed by atoms with Crippen LogP contribution < -0.4 is 14.2 Å². The third-order valence-corrected chi connectivity index (χ3v) is 3.05. The van der Waals surface area contributed by atoms with Crippen LogP contribution in [0.15, 0.2) is 30.3 Å². The summed E-state index contributed by atoms with van der Waals surface area (Å²) in [5.74, 6) is 0.640. The Kier molecular flexibility index (Phi) is 5.83. The minimum absolute atomic E-state index is 0.183. The van der Waals surface area contributed by atoms with E-state index in [1.165, 1.54) is 13.2 Å². The first kappa shape index (κ1) is 17.4. The maximum absolute atomic E-state index is 11.7. The lowest BCUT2D eigenvalue weighted by molar-refractivity contribution is 0.102. The van der Waals surface area contributed by atoms with Gasteiger partial charge < -0.3 is 23.7 Å². The fraction of sp³-hybridized carbons (Fsp3) is 0.294. The van der Waals surface area contributed by atoms with Gasteiger partial charge >= 0.3 is 12.3 Å². The standard InChI is InChI=1S/C17H18O7/c1-4-21-16(18)23-13-10-14(20-3)15(24-17(19)22-5-2)12-9-7-6-8-11(12)13/h6-10H,4-5H2,1-3H3. The largest absolute Gasteiger partial charge is 0.513 e. The van der Waals surface area contributed by atoms with E-state index in [1.807, 2.05) is 0 Å². The zero-order valence-electron chi connectivity index (χ0n) is 13.7. The van der Waals surface area contributed by atoms with E-state index in [9.17, 15) is 9.59 Å². The minimum atomic E-state index is -0.847. The van der Waals surface area contributed by atoms with E-state index in [2.05, 4.69) is 0 Å². The lowest BCUT2D eigenvalue weighted by Crippen LogP contribution is -2.12. The fourth-order valence-electron chi connectivity index (χ4n) is 2.10. The van der Waals surface area contributed by atoms with Crippen LogP contribution in [0.4, 0.5) is 9.59 Å². The smallest absolute Gasteiger partial charge is 0.493 e. The van der Waals surface area contributed by atoms with Crippen molar-refractivity contribution in [1.29, 1.82) is 0 Å². The Bertz CT molecular complexity index is 739. The summed E-state index contributed by atoms with van der Waals surface area (Å²) in [5.41, 5.74) is 0. The number of fused-ring (bicyclic) bond motifs is 1. The van der Waals surface area contributed by atoms with Crippen molar-refractivity contribution in [2.75, 3.05) is 20.3 Å². The van der Waals surface area contributed by atoms with Gasteiger partial charge in [-0.05, 0) is 13.8 Å². The maximum Gasteiger partial charge on any atom is 0.513 e. The van der Waals surface area contributed by atoms with Gasteiger partial charge in [0.25, 0.3) is 0 Å². The van der Waals surface area contributed by atoms with Crippen molar-refractivity contribution >= 4 is 23.1 Å². The van der Waals surface area contributed by atoms with Crippen molar-refractivity contribution in [1.82, 2.24) is 0 Å². The Morgan fingerprint density at radius 1 is 0.875 bits per heavy atom. The topological polar surface area (TPSA) is 80.3 Å². The van der Waals surface area contributed by atoms with Crippen molar-refractivity contribution in [3.63, 3.8) is 0 Å². The van der Waals surface area contributed by atoms with E-state index in [4.69, 9.17) is 23.7 Å². The molecule has 0 aliphatic heterocycles. The summed E-state index contributed by atoms with van der Waals surface area (Å²) in [5, 5.41) is 1.09. The Hall–Kier alpha value is -2.96. The molecule has 0 unspecified atom stereocenters. The second kappa shape index (κ2) is 8.05. The first-order chi connectivity index (χ1) is 11.6. The highest BCUT2D eigenvalue weighted by atomic mass is 16.7. The maximum atomic E-state index is 11.7. The average Bonchev–Trinajstić information content (AvgIpc) is 2.57. The summed E-state index contributed by atoms with van der Waals surface area (Å²) in [7, 11) is 1.41. The molecule has 7 heteroatoms. The highest BCUT2D eigenvalue weighted by Gasteiger charge is 2.20. The molecule has 2 aromatic carbocycles. The second-order valence-electron chi connectivity index (χ2n) is 4.52. The van der Waals surface area contributed by atoms with E-state index in [1.54, 1.807) is 38.1 Å². The predicted molar refractivity (Wildman–Crippen MR) is 85.8 cm³/mol. The molecule has 0 bridgehead atoms. The van der Waals surface area contributed by atoms with Crippen molar-refractivity contribution in [3.8, 4) is 17.2 Å². The molecule has 7 nitrogen and oxygen atoms in total. The molecule has 0 atom stereocenters. The fourth-order valence-corrected chi connectivity index (χ4v) is 2.10. The van der Waals surface area contributed by atoms with Crippen molar-refractivity contribution in [2.24, 2.45) is 0 Å². The van der Waals surface area contributed by atoms with Crippen LogP contribution >= 0.6 is 0 Å². The Morgan fingerprint density at radius 2 is 1.46 bits per heavy atom. The number of methoxy groups -OCH3 is 1. The number of ether oxygens (including phenoxy) is 5. The zero-order valence-corrected chi connectivity index (χ0v) is 13.7. The molecule has 0 N–H and O–H groups in total. The number of carbonyl (C=O) groups excluding carboxylic acids is 2. The summed E-state index contributed by atoms with van der Waals surface area (Å²) >= 11 is 0. The van der Waals surface area contributed by atoms with E-state index in [0.717, 1.165) is 0 Å². The zero-order chi connectivity index (χ0) is 17.5. The van der Waals surface area contributed by atoms with Crippen LogP contribution in [-0.2, 0) is 9.47 Å². The van der Waals surface area contributed by atoms with E-state index >= 15 is 0 Å². The lowest BCUT2D eigenvalue weighted by atomic mass is 10.1. The molecule has 0 saturated carbocycles. The molecular weight excluding hydrogens is 316 g/mol. The lowest BCUT2D eigenvalue weighted by Gasteiger charge is -2.15. The molecule has 0 aromatic heterocycles. The van der Waals surface area contributed by atoms with Gasteiger partial charge in [0.1, 0.15) is 5.75 Å². The SMILES string of the molecule is CCOC(=O)Oc1cc(OC)c(OC(=O)OCC)c2ccccc12. The van der Waals surface area contributed by atoms with Gasteiger partial charge in [-0.3, -0.25) is 0 Å². The molecule has 24 heavy (non-hydrogen) atoms. The summed E-state index contributed by atoms with van der Waals surface area (Å²) in [6.07, 6.45) is -1.68. The van der Waals surface area contributed by atoms with Gasteiger partial charge in [-0.1, -0.05) is 24.3 Å². The van der Waals surface area contributed by atoms with Crippen LogP contribution in [0, 0.1) is 0 Å². The molecule has 0 aliphatic rings. The Labute approximate surface area is 139 Å². The highest BCUT2D eigenvalue weighted by Crippen LogP contribution is 2.41. The van der Waals surface area contributed by atoms with Gasteiger partial charge in [0.05, 0.1) is 20.3 Å². The van der Waals surface area contributed by atoms with Crippen LogP contribution in [0.3, 0.4) is 0 Å². The van der Waals surface area contributed by atoms with Crippen molar-refractivity contribution in [3.05, 3.63) is 30.3 Å². The molecular formula is C17H18O7. The Morgan fingerprint density at radius 3 is 2.04 bits per heavy atom. The molecule has 128 valence electrons. The van der Waals surface area contributed by atoms with Crippen LogP contribution in [0.5, 0.6) is 17.2 Å². The molecule has 0 spiro atoms. The number of carbonyl (C=O) groups is 2. The van der Waals surface area contributed by atoms with Crippen LogP contribution in [0.25, 0.3) is 10.8 Å². The van der Waals surface area contributed by atoms with Crippen molar-refractivity contribution < 1.29 is 33.3 Å². The van der Waals surface area contributed by atoms with Gasteiger partial charge in [-0.2, -0.15) is 0 Å². The highest BCUT2D eigenvalue weighted by molar-refractivity contribution is 5.97. The van der Waals surface area contributed by atoms with Crippen LogP contribution in [0.2, 0.25) is 0 Å². The van der Waals surface area contributed by atoms with E-state index in [-0.39, 0.29) is 30.5 Å². The van der Waals surface area contributed by atoms with Crippen molar-refractivity contribution in [2.45, 2.75) is 13.8 Å². The van der Waals surface area contributed by atoms with Crippen LogP contribution in [-0.4, -0.2) is 32.6 Å². The number of benzene rings is 2. The van der Waals surface area contributed by atoms with Gasteiger partial charge in [0.2, 0.25) is 0 Å². The Balaban J connectivity index is 2.51. The number of hydrogen-bond donors (Lipinski definition) is 0. The van der Waals surface area contributed by atoms with Gasteiger partial charge in [-0.15, -0.1) is 0 Å². The predicted octanol–water partition coefficient (Wildman–Crippen LogP) is 3.92. The first-order valence-corrected chi connectivity index (χ1v) is 7.39. The average molecular weight is 334 g/mol. The van der Waals surface area contributed by atoms with Gasteiger partial charge in [-0.25, -0.2) is 9.59 Å². The molecule has 0 heterocycles. The molecule has 2 aromatic rings. The molecule has 0 saturated heterocycles. The summed E-state index contributed by atoms with van der Waals surface area (Å²) in [4.78, 5) is 23.3. The first-order valence-electron chi connectivity index (χ1n) is 7.39. The third-order valence-electron chi connectivity index (χ3n) is 3.05. The van der Waals surface area contributed by atoms with E-state index in [0.29, 0.717) is 10.8 Å². The second-order valence-corrected chi connectivity index (χ2v) is 4.52. The summed E-state index contributed by atoms with van der Waals surface area (Å²) in [6.45, 7) is 3.73. The van der Waals surface area contributed by atoms with Gasteiger partial charge in [0.15, 0.2) is 11.5 Å². The normalized spacial score (nSPS) is 10.1. The molecule has 0 amide bonds. The molecule has 2 rings (SSSR count). The summed E-state index contributed by atoms with van der Waals surface area (Å²) in [6, 6.07) is 8.41. The van der Waals surface area contributed by atoms with E-state index < -0.39 is 12.3 Å². The number of hydrogen-bond acceptors (Lipinski definition) is 7. The third kappa shape index (κ3) is 3.87. The van der Waals surface area contributed by atoms with Gasteiger partial charge in [0, 0.05) is 16.8 Å². The van der Waals surface area contributed by atoms with Crippen LogP contribution in [0.1, 0.15) is 13.8 Å².